The molecule has 8 nitrogen and oxygen atoms in total. The lowest BCUT2D eigenvalue weighted by Gasteiger charge is -2.27. The average Bonchev–Trinajstić information content (AvgIpc) is 3.16. The molecule has 1 atom stereocenters. The number of nitrogens with one attached hydrogen (secondary N) is 2. The number of ether oxygens (including phenoxy) is 1. The molecule has 1 unspecified atom stereocenters. The highest BCUT2D eigenvalue weighted by Gasteiger charge is 2.32. The van der Waals surface area contributed by atoms with Crippen LogP contribution in [0, 0.1) is 14.1 Å². The maximum atomic E-state index is 14.4. The molecule has 1 aliphatic rings. The van der Waals surface area contributed by atoms with Gasteiger partial charge in [-0.05, 0) is 41.1 Å². The van der Waals surface area contributed by atoms with Gasteiger partial charge in [-0.2, -0.15) is 9.37 Å². The van der Waals surface area contributed by atoms with Crippen molar-refractivity contribution in [3.05, 3.63) is 31.4 Å². The summed E-state index contributed by atoms with van der Waals surface area (Å²) in [5.74, 6) is -1.03. The lowest BCUT2D eigenvalue weighted by molar-refractivity contribution is -0.127. The lowest BCUT2D eigenvalue weighted by atomic mass is 10.1. The Balaban J connectivity index is 2.04. The van der Waals surface area contributed by atoms with E-state index >= 15 is 0 Å². The fourth-order valence-corrected chi connectivity index (χ4v) is 4.80. The molecule has 1 amide bonds. The predicted octanol–water partition coefficient (Wildman–Crippen LogP) is 2.44. The van der Waals surface area contributed by atoms with Crippen molar-refractivity contribution >= 4 is 51.7 Å². The van der Waals surface area contributed by atoms with Crippen LogP contribution in [-0.2, 0) is 11.2 Å². The van der Waals surface area contributed by atoms with Crippen molar-refractivity contribution in [2.24, 2.45) is 0 Å². The third-order valence-electron chi connectivity index (χ3n) is 4.67. The van der Waals surface area contributed by atoms with E-state index in [9.17, 15) is 9.18 Å². The number of rotatable bonds is 4. The molecule has 3 heterocycles. The Morgan fingerprint density at radius 1 is 1.45 bits per heavy atom. The van der Waals surface area contributed by atoms with Gasteiger partial charge in [0.25, 0.3) is 5.88 Å². The molecule has 2 aromatic heterocycles. The number of hydrogen-bond acceptors (Lipinski definition) is 7. The zero-order chi connectivity index (χ0) is 21.1. The number of anilines is 1. The molecule has 0 saturated carbocycles. The number of nitrogens with zero attached hydrogens (tertiary/aromatic N) is 4. The Morgan fingerprint density at radius 2 is 2.21 bits per heavy atom. The van der Waals surface area contributed by atoms with Gasteiger partial charge in [0.15, 0.2) is 5.96 Å². The largest absolute Gasteiger partial charge is 0.479 e. The number of halogens is 2. The smallest absolute Gasteiger partial charge is 0.255 e. The SMILES string of the molecule is CCc1nc(N2CCNC(=N)N(C)C(=O)C(c3ccc(I)s3)C2)nc(OC)c1F. The Hall–Kier alpha value is -2.02. The van der Waals surface area contributed by atoms with Gasteiger partial charge in [-0.3, -0.25) is 15.1 Å². The summed E-state index contributed by atoms with van der Waals surface area (Å²) in [6, 6.07) is 3.89. The van der Waals surface area contributed by atoms with Crippen molar-refractivity contribution in [2.45, 2.75) is 19.3 Å². The van der Waals surface area contributed by atoms with E-state index in [1.807, 2.05) is 24.0 Å². The Morgan fingerprint density at radius 3 is 2.83 bits per heavy atom. The maximum absolute atomic E-state index is 14.4. The van der Waals surface area contributed by atoms with E-state index in [0.29, 0.717) is 32.0 Å². The van der Waals surface area contributed by atoms with Gasteiger partial charge in [-0.15, -0.1) is 11.3 Å². The standard InChI is InChI=1S/C18H22FIN6O2S/c1-4-11-14(19)15(28-3)24-18(23-11)26-8-7-22-17(21)25(2)16(27)10(9-26)12-5-6-13(20)29-12/h5-6,10H,4,7-9H2,1-3H3,(H2,21,22). The highest BCUT2D eigenvalue weighted by atomic mass is 127. The summed E-state index contributed by atoms with van der Waals surface area (Å²) in [5, 5.41) is 11.1. The summed E-state index contributed by atoms with van der Waals surface area (Å²) in [4.78, 5) is 25.8. The first-order valence-corrected chi connectivity index (χ1v) is 11.0. The fraction of sp³-hybridized carbons (Fsp3) is 0.444. The van der Waals surface area contributed by atoms with Gasteiger partial charge < -0.3 is 15.0 Å². The molecule has 1 saturated heterocycles. The molecule has 1 fully saturated rings. The quantitative estimate of drug-likeness (QED) is 0.588. The summed E-state index contributed by atoms with van der Waals surface area (Å²) in [6.07, 6.45) is 0.392. The van der Waals surface area contributed by atoms with Crippen LogP contribution < -0.4 is 15.0 Å². The Labute approximate surface area is 186 Å². The number of aromatic nitrogens is 2. The normalized spacial score (nSPS) is 18.2. The van der Waals surface area contributed by atoms with Crippen LogP contribution in [0.2, 0.25) is 0 Å². The van der Waals surface area contributed by atoms with Crippen LogP contribution in [0.5, 0.6) is 5.88 Å². The fourth-order valence-electron chi connectivity index (χ4n) is 3.04. The predicted molar refractivity (Wildman–Crippen MR) is 118 cm³/mol. The van der Waals surface area contributed by atoms with Gasteiger partial charge in [0.05, 0.1) is 21.6 Å². The number of likely N-dealkylation sites (N-methyl/N-ethyl adjacent to an activating group) is 1. The number of carbonyl (C=O) groups is 1. The molecule has 3 rings (SSSR count). The average molecular weight is 532 g/mol. The Kier molecular flexibility index (Phi) is 6.88. The van der Waals surface area contributed by atoms with Crippen LogP contribution >= 0.6 is 33.9 Å². The van der Waals surface area contributed by atoms with Crippen molar-refractivity contribution in [1.82, 2.24) is 20.2 Å². The molecule has 156 valence electrons. The minimum Gasteiger partial charge on any atom is -0.479 e. The number of thiophene rings is 1. The van der Waals surface area contributed by atoms with Crippen LogP contribution in [0.1, 0.15) is 23.4 Å². The van der Waals surface area contributed by atoms with Crippen LogP contribution in [-0.4, -0.2) is 60.5 Å². The number of aryl methyl sites for hydroxylation is 1. The number of hydrogen-bond donors (Lipinski definition) is 2. The molecule has 29 heavy (non-hydrogen) atoms. The van der Waals surface area contributed by atoms with E-state index in [4.69, 9.17) is 10.1 Å². The highest BCUT2D eigenvalue weighted by molar-refractivity contribution is 14.1. The summed E-state index contributed by atoms with van der Waals surface area (Å²) >= 11 is 3.75. The van der Waals surface area contributed by atoms with Gasteiger partial charge in [-0.25, -0.2) is 4.98 Å². The molecule has 0 spiro atoms. The summed E-state index contributed by atoms with van der Waals surface area (Å²) in [6.45, 7) is 2.98. The second kappa shape index (κ2) is 9.20. The molecular formula is C18H22FIN6O2S. The highest BCUT2D eigenvalue weighted by Crippen LogP contribution is 2.30. The Bertz CT molecular complexity index is 899. The maximum Gasteiger partial charge on any atom is 0.255 e. The van der Waals surface area contributed by atoms with Crippen LogP contribution in [0.4, 0.5) is 10.3 Å². The molecule has 2 aromatic rings. The van der Waals surface area contributed by atoms with E-state index in [1.165, 1.54) is 23.3 Å². The van der Waals surface area contributed by atoms with E-state index < -0.39 is 11.7 Å². The first-order chi connectivity index (χ1) is 13.8. The molecule has 0 bridgehead atoms. The molecule has 0 radical (unpaired) electrons. The zero-order valence-corrected chi connectivity index (χ0v) is 19.3. The van der Waals surface area contributed by atoms with Gasteiger partial charge >= 0.3 is 0 Å². The molecule has 1 aliphatic heterocycles. The van der Waals surface area contributed by atoms with Crippen molar-refractivity contribution < 1.29 is 13.9 Å². The molecule has 11 heteroatoms. The third-order valence-corrected chi connectivity index (χ3v) is 6.67. The molecule has 0 aromatic carbocycles. The van der Waals surface area contributed by atoms with Crippen LogP contribution in [0.15, 0.2) is 12.1 Å². The lowest BCUT2D eigenvalue weighted by Crippen LogP contribution is -2.43. The minimum absolute atomic E-state index is 0.0416. The van der Waals surface area contributed by atoms with Crippen molar-refractivity contribution in [1.29, 1.82) is 5.41 Å². The summed E-state index contributed by atoms with van der Waals surface area (Å²) in [7, 11) is 2.95. The van der Waals surface area contributed by atoms with E-state index in [2.05, 4.69) is 37.9 Å². The minimum atomic E-state index is -0.567. The van der Waals surface area contributed by atoms with E-state index in [1.54, 1.807) is 7.05 Å². The van der Waals surface area contributed by atoms with Gasteiger partial charge in [0.1, 0.15) is 0 Å². The number of amides is 1. The first-order valence-electron chi connectivity index (χ1n) is 9.06. The zero-order valence-electron chi connectivity index (χ0n) is 16.3. The van der Waals surface area contributed by atoms with Crippen molar-refractivity contribution in [2.75, 3.05) is 38.7 Å². The van der Waals surface area contributed by atoms with Crippen molar-refractivity contribution in [3.63, 3.8) is 0 Å². The topological polar surface area (TPSA) is 94.4 Å². The van der Waals surface area contributed by atoms with E-state index in [0.717, 1.165) is 7.76 Å². The second-order valence-corrected chi connectivity index (χ2v) is 9.47. The summed E-state index contributed by atoms with van der Waals surface area (Å²) in [5.41, 5.74) is 0.262. The van der Waals surface area contributed by atoms with Crippen LogP contribution in [0.25, 0.3) is 0 Å². The summed E-state index contributed by atoms with van der Waals surface area (Å²) < 4.78 is 20.5. The molecule has 2 N–H and O–H groups in total. The number of methoxy groups -OCH3 is 1. The van der Waals surface area contributed by atoms with Crippen LogP contribution in [0.3, 0.4) is 0 Å². The molecule has 0 aliphatic carbocycles. The van der Waals surface area contributed by atoms with Gasteiger partial charge in [0.2, 0.25) is 17.7 Å². The van der Waals surface area contributed by atoms with E-state index in [-0.39, 0.29) is 23.4 Å². The van der Waals surface area contributed by atoms with Gasteiger partial charge in [0, 0.05) is 31.6 Å². The molecular weight excluding hydrogens is 510 g/mol. The van der Waals surface area contributed by atoms with Gasteiger partial charge in [-0.1, -0.05) is 6.92 Å². The number of carbonyl (C=O) groups excluding carboxylic acids is 1. The first kappa shape index (κ1) is 21.7. The second-order valence-electron chi connectivity index (χ2n) is 6.46. The monoisotopic (exact) mass is 532 g/mol. The third kappa shape index (κ3) is 4.60. The van der Waals surface area contributed by atoms with Crippen molar-refractivity contribution in [3.8, 4) is 5.88 Å². The number of guanidine groups is 1.